The van der Waals surface area contributed by atoms with Gasteiger partial charge in [0, 0.05) is 12.5 Å². The Hall–Kier alpha value is -2.34. The fourth-order valence-electron chi connectivity index (χ4n) is 3.36. The molecule has 2 amide bonds. The normalized spacial score (nSPS) is 23.5. The molecule has 0 unspecified atom stereocenters. The summed E-state index contributed by atoms with van der Waals surface area (Å²) in [5.74, 6) is 1.21. The van der Waals surface area contributed by atoms with Gasteiger partial charge in [-0.05, 0) is 32.3 Å². The minimum Gasteiger partial charge on any atom is -0.367 e. The SMILES string of the molecule is Cc1noc(C2CC2)c1NC(=O)N1CCO[C@](C)(c2ccccc2)C1. The van der Waals surface area contributed by atoms with Crippen molar-refractivity contribution in [1.82, 2.24) is 10.1 Å². The molecule has 2 aromatic rings. The summed E-state index contributed by atoms with van der Waals surface area (Å²) in [4.78, 5) is 14.6. The first-order chi connectivity index (χ1) is 12.1. The summed E-state index contributed by atoms with van der Waals surface area (Å²) in [6, 6.07) is 9.91. The van der Waals surface area contributed by atoms with E-state index in [1.54, 1.807) is 4.90 Å². The first kappa shape index (κ1) is 16.1. The fourth-order valence-corrected chi connectivity index (χ4v) is 3.36. The van der Waals surface area contributed by atoms with Gasteiger partial charge in [0.25, 0.3) is 0 Å². The molecule has 0 radical (unpaired) electrons. The summed E-state index contributed by atoms with van der Waals surface area (Å²) in [7, 11) is 0. The van der Waals surface area contributed by atoms with E-state index < -0.39 is 5.60 Å². The largest absolute Gasteiger partial charge is 0.367 e. The fraction of sp³-hybridized carbons (Fsp3) is 0.474. The van der Waals surface area contributed by atoms with E-state index in [1.165, 1.54) is 0 Å². The molecule has 2 fully saturated rings. The highest BCUT2D eigenvalue weighted by molar-refractivity contribution is 5.90. The number of hydrogen-bond acceptors (Lipinski definition) is 4. The van der Waals surface area contributed by atoms with Crippen LogP contribution in [0.5, 0.6) is 0 Å². The van der Waals surface area contributed by atoms with Crippen LogP contribution < -0.4 is 5.32 Å². The van der Waals surface area contributed by atoms with Crippen molar-refractivity contribution >= 4 is 11.7 Å². The summed E-state index contributed by atoms with van der Waals surface area (Å²) in [5.41, 5.74) is 2.04. The van der Waals surface area contributed by atoms with Gasteiger partial charge in [-0.2, -0.15) is 0 Å². The molecule has 25 heavy (non-hydrogen) atoms. The number of carbonyl (C=O) groups is 1. The van der Waals surface area contributed by atoms with Crippen LogP contribution in [0.1, 0.15) is 42.7 Å². The second-order valence-electron chi connectivity index (χ2n) is 7.08. The van der Waals surface area contributed by atoms with Gasteiger partial charge >= 0.3 is 6.03 Å². The molecule has 132 valence electrons. The molecule has 6 heteroatoms. The molecule has 4 rings (SSSR count). The van der Waals surface area contributed by atoms with Gasteiger partial charge < -0.3 is 19.5 Å². The van der Waals surface area contributed by atoms with Crippen molar-refractivity contribution in [2.75, 3.05) is 25.0 Å². The van der Waals surface area contributed by atoms with Gasteiger partial charge in [-0.15, -0.1) is 0 Å². The first-order valence-corrected chi connectivity index (χ1v) is 8.78. The van der Waals surface area contributed by atoms with Crippen LogP contribution in [0.4, 0.5) is 10.5 Å². The van der Waals surface area contributed by atoms with Crippen LogP contribution in [0, 0.1) is 6.92 Å². The molecular formula is C19H23N3O3. The quantitative estimate of drug-likeness (QED) is 0.925. The zero-order valence-corrected chi connectivity index (χ0v) is 14.6. The molecule has 1 saturated carbocycles. The summed E-state index contributed by atoms with van der Waals surface area (Å²) < 4.78 is 11.4. The molecule has 1 N–H and O–H groups in total. The summed E-state index contributed by atoms with van der Waals surface area (Å²) in [6.07, 6.45) is 2.20. The molecule has 2 heterocycles. The Morgan fingerprint density at radius 2 is 2.08 bits per heavy atom. The topological polar surface area (TPSA) is 67.6 Å². The van der Waals surface area contributed by atoms with Crippen LogP contribution in [0.15, 0.2) is 34.9 Å². The van der Waals surface area contributed by atoms with Crippen molar-refractivity contribution in [2.24, 2.45) is 0 Å². The van der Waals surface area contributed by atoms with Crippen LogP contribution in [-0.2, 0) is 10.3 Å². The molecule has 1 aliphatic heterocycles. The average molecular weight is 341 g/mol. The van der Waals surface area contributed by atoms with Gasteiger partial charge in [0.15, 0.2) is 5.76 Å². The smallest absolute Gasteiger partial charge is 0.322 e. The minimum atomic E-state index is -0.500. The zero-order valence-electron chi connectivity index (χ0n) is 14.6. The Balaban J connectivity index is 1.50. The zero-order chi connectivity index (χ0) is 17.4. The highest BCUT2D eigenvalue weighted by Gasteiger charge is 2.37. The third-order valence-corrected chi connectivity index (χ3v) is 5.02. The Bertz CT molecular complexity index is 769. The summed E-state index contributed by atoms with van der Waals surface area (Å²) >= 11 is 0. The van der Waals surface area contributed by atoms with E-state index >= 15 is 0 Å². The second-order valence-corrected chi connectivity index (χ2v) is 7.08. The molecule has 1 atom stereocenters. The van der Waals surface area contributed by atoms with Crippen molar-refractivity contribution in [1.29, 1.82) is 0 Å². The highest BCUT2D eigenvalue weighted by Crippen LogP contribution is 2.44. The van der Waals surface area contributed by atoms with Gasteiger partial charge in [-0.25, -0.2) is 4.79 Å². The molecule has 1 aliphatic carbocycles. The highest BCUT2D eigenvalue weighted by atomic mass is 16.5. The lowest BCUT2D eigenvalue weighted by atomic mass is 9.94. The first-order valence-electron chi connectivity index (χ1n) is 8.78. The number of benzene rings is 1. The third-order valence-electron chi connectivity index (χ3n) is 5.02. The van der Waals surface area contributed by atoms with Gasteiger partial charge in [0.1, 0.15) is 17.0 Å². The standard InChI is InChI=1S/C19H23N3O3/c1-13-16(17(25-21-13)14-8-9-14)20-18(23)22-10-11-24-19(2,12-22)15-6-4-3-5-7-15/h3-7,14H,8-12H2,1-2H3,(H,20,23)/t19-/m0/s1. The number of ether oxygens (including phenoxy) is 1. The van der Waals surface area contributed by atoms with Crippen molar-refractivity contribution in [2.45, 2.75) is 38.2 Å². The van der Waals surface area contributed by atoms with Crippen molar-refractivity contribution in [3.63, 3.8) is 0 Å². The lowest BCUT2D eigenvalue weighted by Gasteiger charge is -2.40. The maximum Gasteiger partial charge on any atom is 0.322 e. The number of amides is 2. The molecule has 1 aromatic heterocycles. The van der Waals surface area contributed by atoms with Crippen LogP contribution in [0.3, 0.4) is 0 Å². The predicted molar refractivity (Wildman–Crippen MR) is 93.6 cm³/mol. The number of nitrogens with zero attached hydrogens (tertiary/aromatic N) is 2. The number of rotatable bonds is 3. The predicted octanol–water partition coefficient (Wildman–Crippen LogP) is 3.64. The number of morpholine rings is 1. The molecule has 6 nitrogen and oxygen atoms in total. The van der Waals surface area contributed by atoms with E-state index in [0.717, 1.165) is 35.5 Å². The maximum atomic E-state index is 12.8. The number of anilines is 1. The molecule has 1 aromatic carbocycles. The number of urea groups is 1. The average Bonchev–Trinajstić information content (AvgIpc) is 3.41. The number of aromatic nitrogens is 1. The van der Waals surface area contributed by atoms with Gasteiger partial charge in [0.05, 0.1) is 13.2 Å². The number of carbonyl (C=O) groups excluding carboxylic acids is 1. The Morgan fingerprint density at radius 3 is 2.80 bits per heavy atom. The maximum absolute atomic E-state index is 12.8. The summed E-state index contributed by atoms with van der Waals surface area (Å²) in [6.45, 7) is 5.47. The number of aryl methyl sites for hydroxylation is 1. The van der Waals surface area contributed by atoms with E-state index in [9.17, 15) is 4.79 Å². The van der Waals surface area contributed by atoms with E-state index in [2.05, 4.69) is 10.5 Å². The van der Waals surface area contributed by atoms with Crippen LogP contribution in [0.2, 0.25) is 0 Å². The number of nitrogens with one attached hydrogen (secondary N) is 1. The van der Waals surface area contributed by atoms with Crippen LogP contribution in [-0.4, -0.2) is 35.8 Å². The van der Waals surface area contributed by atoms with Gasteiger partial charge in [-0.3, -0.25) is 0 Å². The molecule has 0 bridgehead atoms. The molecule has 0 spiro atoms. The minimum absolute atomic E-state index is 0.126. The lowest BCUT2D eigenvalue weighted by Crippen LogP contribution is -2.51. The van der Waals surface area contributed by atoms with Crippen molar-refractivity contribution in [3.8, 4) is 0 Å². The number of hydrogen-bond donors (Lipinski definition) is 1. The van der Waals surface area contributed by atoms with Gasteiger partial charge in [0.2, 0.25) is 0 Å². The molecule has 1 saturated heterocycles. The Labute approximate surface area is 147 Å². The van der Waals surface area contributed by atoms with Crippen LogP contribution in [0.25, 0.3) is 0 Å². The van der Waals surface area contributed by atoms with Crippen molar-refractivity contribution in [3.05, 3.63) is 47.3 Å². The second kappa shape index (κ2) is 6.19. The van der Waals surface area contributed by atoms with E-state index in [4.69, 9.17) is 9.26 Å². The molecular weight excluding hydrogens is 318 g/mol. The van der Waals surface area contributed by atoms with Crippen molar-refractivity contribution < 1.29 is 14.1 Å². The summed E-state index contributed by atoms with van der Waals surface area (Å²) in [5, 5.41) is 7.03. The van der Waals surface area contributed by atoms with E-state index in [0.29, 0.717) is 25.6 Å². The lowest BCUT2D eigenvalue weighted by molar-refractivity contribution is -0.0894. The van der Waals surface area contributed by atoms with Crippen LogP contribution >= 0.6 is 0 Å². The Morgan fingerprint density at radius 1 is 1.32 bits per heavy atom. The van der Waals surface area contributed by atoms with E-state index in [1.807, 2.05) is 44.2 Å². The molecule has 2 aliphatic rings. The van der Waals surface area contributed by atoms with E-state index in [-0.39, 0.29) is 6.03 Å². The van der Waals surface area contributed by atoms with Gasteiger partial charge in [-0.1, -0.05) is 35.5 Å². The monoisotopic (exact) mass is 341 g/mol. The Kier molecular flexibility index (Phi) is 4.00. The third kappa shape index (κ3) is 3.14.